The highest BCUT2D eigenvalue weighted by molar-refractivity contribution is 6.32. The third-order valence-electron chi connectivity index (χ3n) is 2.56. The van der Waals surface area contributed by atoms with Gasteiger partial charge in [0, 0.05) is 12.1 Å². The number of hydrogen-bond acceptors (Lipinski definition) is 4. The molecule has 0 amide bonds. The van der Waals surface area contributed by atoms with Gasteiger partial charge in [0.05, 0.1) is 9.95 Å². The van der Waals surface area contributed by atoms with Gasteiger partial charge >= 0.3 is 0 Å². The molecule has 0 fully saturated rings. The molecule has 0 atom stereocenters. The van der Waals surface area contributed by atoms with Gasteiger partial charge in [0.15, 0.2) is 11.6 Å². The highest BCUT2D eigenvalue weighted by atomic mass is 35.5. The lowest BCUT2D eigenvalue weighted by Crippen LogP contribution is -2.10. The molecule has 7 heteroatoms. The number of nitro benzene ring substituents is 1. The second-order valence-corrected chi connectivity index (χ2v) is 4.41. The molecule has 0 saturated heterocycles. The minimum atomic E-state index is -0.545. The van der Waals surface area contributed by atoms with Crippen LogP contribution < -0.4 is 9.47 Å². The number of para-hydroxylation sites is 1. The lowest BCUT2D eigenvalue weighted by Gasteiger charge is -2.09. The van der Waals surface area contributed by atoms with Gasteiger partial charge in [-0.05, 0) is 18.2 Å². The molecule has 0 unspecified atom stereocenters. The Morgan fingerprint density at radius 1 is 1.10 bits per heavy atom. The number of halogens is 2. The normalized spacial score (nSPS) is 10.2. The summed E-state index contributed by atoms with van der Waals surface area (Å²) in [5.74, 6) is -0.0128. The van der Waals surface area contributed by atoms with Gasteiger partial charge in [-0.3, -0.25) is 10.1 Å². The third-order valence-corrected chi connectivity index (χ3v) is 2.86. The van der Waals surface area contributed by atoms with E-state index in [2.05, 4.69) is 0 Å². The predicted molar refractivity (Wildman–Crippen MR) is 75.5 cm³/mol. The maximum atomic E-state index is 13.3. The standard InChI is InChI=1S/C14H11ClFNO4/c15-11-9-10(17(18)19)5-6-13(11)20-7-8-21-14-4-2-1-3-12(14)16/h1-6,9H,7-8H2. The maximum Gasteiger partial charge on any atom is 0.271 e. The zero-order valence-corrected chi connectivity index (χ0v) is 11.5. The van der Waals surface area contributed by atoms with Crippen LogP contribution in [-0.4, -0.2) is 18.1 Å². The van der Waals surface area contributed by atoms with Crippen LogP contribution in [0.15, 0.2) is 42.5 Å². The van der Waals surface area contributed by atoms with E-state index >= 15 is 0 Å². The van der Waals surface area contributed by atoms with Crippen LogP contribution in [0.4, 0.5) is 10.1 Å². The van der Waals surface area contributed by atoms with Gasteiger partial charge in [-0.1, -0.05) is 23.7 Å². The summed E-state index contributed by atoms with van der Waals surface area (Å²) >= 11 is 5.86. The Kier molecular flexibility index (Phi) is 4.94. The molecule has 0 bridgehead atoms. The SMILES string of the molecule is O=[N+]([O-])c1ccc(OCCOc2ccccc2F)c(Cl)c1. The van der Waals surface area contributed by atoms with Gasteiger partial charge in [-0.25, -0.2) is 4.39 Å². The molecule has 0 radical (unpaired) electrons. The van der Waals surface area contributed by atoms with Gasteiger partial charge in [0.1, 0.15) is 19.0 Å². The Morgan fingerprint density at radius 3 is 2.38 bits per heavy atom. The van der Waals surface area contributed by atoms with Crippen LogP contribution in [-0.2, 0) is 0 Å². The number of nitrogens with zero attached hydrogens (tertiary/aromatic N) is 1. The predicted octanol–water partition coefficient (Wildman–Crippen LogP) is 3.85. The minimum absolute atomic E-state index is 0.116. The number of hydrogen-bond donors (Lipinski definition) is 0. The van der Waals surface area contributed by atoms with E-state index in [1.807, 2.05) is 0 Å². The van der Waals surface area contributed by atoms with Crippen molar-refractivity contribution in [1.82, 2.24) is 0 Å². The summed E-state index contributed by atoms with van der Waals surface area (Å²) in [6.07, 6.45) is 0. The van der Waals surface area contributed by atoms with Crippen molar-refractivity contribution < 1.29 is 18.8 Å². The number of benzene rings is 2. The van der Waals surface area contributed by atoms with Gasteiger partial charge < -0.3 is 9.47 Å². The van der Waals surface area contributed by atoms with Gasteiger partial charge in [0.2, 0.25) is 0 Å². The first-order valence-corrected chi connectivity index (χ1v) is 6.40. The summed E-state index contributed by atoms with van der Waals surface area (Å²) in [5.41, 5.74) is -0.116. The van der Waals surface area contributed by atoms with Crippen molar-refractivity contribution in [1.29, 1.82) is 0 Å². The summed E-state index contributed by atoms with van der Waals surface area (Å²) in [6, 6.07) is 9.93. The third kappa shape index (κ3) is 4.06. The Morgan fingerprint density at radius 2 is 1.76 bits per heavy atom. The number of ether oxygens (including phenoxy) is 2. The average molecular weight is 312 g/mol. The molecule has 110 valence electrons. The van der Waals surface area contributed by atoms with E-state index in [1.165, 1.54) is 30.3 Å². The Labute approximate surface area is 125 Å². The lowest BCUT2D eigenvalue weighted by atomic mass is 10.3. The molecular weight excluding hydrogens is 301 g/mol. The van der Waals surface area contributed by atoms with Crippen molar-refractivity contribution in [3.05, 3.63) is 63.4 Å². The number of non-ortho nitro benzene ring substituents is 1. The molecule has 0 aromatic heterocycles. The highest BCUT2D eigenvalue weighted by Gasteiger charge is 2.10. The molecule has 0 spiro atoms. The van der Waals surface area contributed by atoms with Crippen molar-refractivity contribution in [2.75, 3.05) is 13.2 Å². The van der Waals surface area contributed by atoms with Crippen LogP contribution in [0, 0.1) is 15.9 Å². The second-order valence-electron chi connectivity index (χ2n) is 4.00. The average Bonchev–Trinajstić information content (AvgIpc) is 2.46. The van der Waals surface area contributed by atoms with E-state index in [0.29, 0.717) is 5.75 Å². The Balaban J connectivity index is 1.87. The molecule has 0 N–H and O–H groups in total. The largest absolute Gasteiger partial charge is 0.488 e. The fraction of sp³-hybridized carbons (Fsp3) is 0.143. The molecule has 0 heterocycles. The molecule has 2 aromatic carbocycles. The van der Waals surface area contributed by atoms with Crippen LogP contribution in [0.1, 0.15) is 0 Å². The topological polar surface area (TPSA) is 61.6 Å². The van der Waals surface area contributed by atoms with Crippen molar-refractivity contribution in [2.45, 2.75) is 0 Å². The Hall–Kier alpha value is -2.34. The summed E-state index contributed by atoms with van der Waals surface area (Å²) in [5, 5.41) is 10.7. The van der Waals surface area contributed by atoms with Crippen LogP contribution >= 0.6 is 11.6 Å². The van der Waals surface area contributed by atoms with Crippen molar-refractivity contribution >= 4 is 17.3 Å². The molecule has 0 aliphatic carbocycles. The molecule has 0 saturated carbocycles. The van der Waals surface area contributed by atoms with Gasteiger partial charge in [-0.15, -0.1) is 0 Å². The summed E-state index contributed by atoms with van der Waals surface area (Å²) in [4.78, 5) is 10.0. The van der Waals surface area contributed by atoms with E-state index in [1.54, 1.807) is 12.1 Å². The van der Waals surface area contributed by atoms with Crippen molar-refractivity contribution in [2.24, 2.45) is 0 Å². The van der Waals surface area contributed by atoms with Crippen LogP contribution in [0.5, 0.6) is 11.5 Å². The molecule has 21 heavy (non-hydrogen) atoms. The first-order chi connectivity index (χ1) is 10.1. The van der Waals surface area contributed by atoms with Crippen molar-refractivity contribution in [3.8, 4) is 11.5 Å². The second kappa shape index (κ2) is 6.90. The van der Waals surface area contributed by atoms with E-state index in [9.17, 15) is 14.5 Å². The lowest BCUT2D eigenvalue weighted by molar-refractivity contribution is -0.384. The molecule has 5 nitrogen and oxygen atoms in total. The number of rotatable bonds is 6. The maximum absolute atomic E-state index is 13.3. The summed E-state index contributed by atoms with van der Waals surface area (Å²) in [6.45, 7) is 0.250. The summed E-state index contributed by atoms with van der Waals surface area (Å²) in [7, 11) is 0. The zero-order chi connectivity index (χ0) is 15.2. The van der Waals surface area contributed by atoms with E-state index in [4.69, 9.17) is 21.1 Å². The quantitative estimate of drug-likeness (QED) is 0.462. The molecule has 0 aliphatic heterocycles. The molecular formula is C14H11ClFNO4. The van der Waals surface area contributed by atoms with E-state index < -0.39 is 10.7 Å². The van der Waals surface area contributed by atoms with Gasteiger partial charge in [0.25, 0.3) is 5.69 Å². The van der Waals surface area contributed by atoms with Crippen LogP contribution in [0.3, 0.4) is 0 Å². The van der Waals surface area contributed by atoms with Crippen LogP contribution in [0.25, 0.3) is 0 Å². The Bertz CT molecular complexity index is 651. The molecule has 2 aromatic rings. The molecule has 0 aliphatic rings. The molecule has 2 rings (SSSR count). The first-order valence-electron chi connectivity index (χ1n) is 6.02. The van der Waals surface area contributed by atoms with E-state index in [0.717, 1.165) is 0 Å². The summed E-state index contributed by atoms with van der Waals surface area (Å²) < 4.78 is 23.8. The van der Waals surface area contributed by atoms with Crippen LogP contribution in [0.2, 0.25) is 5.02 Å². The van der Waals surface area contributed by atoms with Gasteiger partial charge in [-0.2, -0.15) is 0 Å². The monoisotopic (exact) mass is 311 g/mol. The zero-order valence-electron chi connectivity index (χ0n) is 10.8. The fourth-order valence-electron chi connectivity index (χ4n) is 1.59. The van der Waals surface area contributed by atoms with E-state index in [-0.39, 0.29) is 29.7 Å². The minimum Gasteiger partial charge on any atom is -0.488 e. The number of nitro groups is 1. The first kappa shape index (κ1) is 15.1. The smallest absolute Gasteiger partial charge is 0.271 e. The highest BCUT2D eigenvalue weighted by Crippen LogP contribution is 2.28. The fourth-order valence-corrected chi connectivity index (χ4v) is 1.81. The van der Waals surface area contributed by atoms with Crippen molar-refractivity contribution in [3.63, 3.8) is 0 Å².